The average molecular weight is 284 g/mol. The zero-order valence-corrected chi connectivity index (χ0v) is 12.0. The fraction of sp³-hybridized carbons (Fsp3) is 0.467. The third kappa shape index (κ3) is 2.54. The summed E-state index contributed by atoms with van der Waals surface area (Å²) in [7, 11) is 1.84. The maximum Gasteiger partial charge on any atom is 0.416 e. The second-order valence-electron chi connectivity index (χ2n) is 5.31. The van der Waals surface area contributed by atoms with Crippen molar-refractivity contribution < 1.29 is 13.2 Å². The Morgan fingerprint density at radius 2 is 1.75 bits per heavy atom. The average Bonchev–Trinajstić information content (AvgIpc) is 2.74. The van der Waals surface area contributed by atoms with Crippen LogP contribution >= 0.6 is 0 Å². The lowest BCUT2D eigenvalue weighted by molar-refractivity contribution is -0.137. The standard InChI is InChI=1S/C15H19F3N2/c1-9(2)20-13(10(3)19-4)7-11-5-6-12(8-14(11)20)15(16,17)18/h5-10,19H,1-4H3. The molecular formula is C15H19F3N2. The van der Waals surface area contributed by atoms with Crippen LogP contribution in [0.25, 0.3) is 10.9 Å². The van der Waals surface area contributed by atoms with Crippen molar-refractivity contribution in [3.63, 3.8) is 0 Å². The highest BCUT2D eigenvalue weighted by atomic mass is 19.4. The maximum atomic E-state index is 12.9. The highest BCUT2D eigenvalue weighted by Crippen LogP contribution is 2.34. The molecule has 0 aliphatic rings. The summed E-state index contributed by atoms with van der Waals surface area (Å²) < 4.78 is 40.5. The number of halogens is 3. The molecule has 5 heteroatoms. The predicted molar refractivity (Wildman–Crippen MR) is 74.8 cm³/mol. The SMILES string of the molecule is CNC(C)c1cc2ccc(C(F)(F)F)cc2n1C(C)C. The van der Waals surface area contributed by atoms with Crippen LogP contribution < -0.4 is 5.32 Å². The van der Waals surface area contributed by atoms with Gasteiger partial charge in [-0.3, -0.25) is 0 Å². The molecule has 1 N–H and O–H groups in total. The molecule has 1 aromatic heterocycles. The van der Waals surface area contributed by atoms with Gasteiger partial charge in [0.2, 0.25) is 0 Å². The number of fused-ring (bicyclic) bond motifs is 1. The van der Waals surface area contributed by atoms with E-state index in [0.717, 1.165) is 17.1 Å². The zero-order valence-electron chi connectivity index (χ0n) is 12.0. The van der Waals surface area contributed by atoms with Gasteiger partial charge in [-0.1, -0.05) is 6.07 Å². The number of aromatic nitrogens is 1. The number of alkyl halides is 3. The lowest BCUT2D eigenvalue weighted by Crippen LogP contribution is -2.17. The Morgan fingerprint density at radius 1 is 1.10 bits per heavy atom. The molecule has 0 bridgehead atoms. The Balaban J connectivity index is 2.70. The molecule has 110 valence electrons. The Labute approximate surface area is 116 Å². The summed E-state index contributed by atoms with van der Waals surface area (Å²) in [6.07, 6.45) is -4.31. The van der Waals surface area contributed by atoms with E-state index in [9.17, 15) is 13.2 Å². The molecule has 1 unspecified atom stereocenters. The van der Waals surface area contributed by atoms with E-state index in [1.54, 1.807) is 6.07 Å². The fourth-order valence-corrected chi connectivity index (χ4v) is 2.48. The number of hydrogen-bond acceptors (Lipinski definition) is 1. The molecule has 1 atom stereocenters. The first-order valence-corrected chi connectivity index (χ1v) is 6.65. The summed E-state index contributed by atoms with van der Waals surface area (Å²) in [4.78, 5) is 0. The summed E-state index contributed by atoms with van der Waals surface area (Å²) in [6, 6.07) is 6.06. The zero-order chi connectivity index (χ0) is 15.1. The Morgan fingerprint density at radius 3 is 2.25 bits per heavy atom. The lowest BCUT2D eigenvalue weighted by atomic mass is 10.1. The Hall–Kier alpha value is -1.49. The van der Waals surface area contributed by atoms with Crippen molar-refractivity contribution in [3.8, 4) is 0 Å². The molecule has 2 aromatic rings. The van der Waals surface area contributed by atoms with E-state index in [1.807, 2.05) is 38.5 Å². The van der Waals surface area contributed by atoms with Crippen molar-refractivity contribution in [2.75, 3.05) is 7.05 Å². The van der Waals surface area contributed by atoms with E-state index in [2.05, 4.69) is 5.32 Å². The van der Waals surface area contributed by atoms with E-state index in [-0.39, 0.29) is 12.1 Å². The molecule has 0 saturated carbocycles. The monoisotopic (exact) mass is 284 g/mol. The van der Waals surface area contributed by atoms with Crippen molar-refractivity contribution in [3.05, 3.63) is 35.5 Å². The first-order valence-electron chi connectivity index (χ1n) is 6.65. The van der Waals surface area contributed by atoms with Gasteiger partial charge in [-0.05, 0) is 51.4 Å². The van der Waals surface area contributed by atoms with E-state index in [1.165, 1.54) is 6.07 Å². The Bertz CT molecular complexity index is 611. The molecule has 1 aromatic carbocycles. The minimum Gasteiger partial charge on any atom is -0.341 e. The van der Waals surface area contributed by atoms with Gasteiger partial charge >= 0.3 is 6.18 Å². The summed E-state index contributed by atoms with van der Waals surface area (Å²) in [5.41, 5.74) is 1.03. The van der Waals surface area contributed by atoms with Crippen molar-refractivity contribution in [1.29, 1.82) is 0 Å². The van der Waals surface area contributed by atoms with E-state index < -0.39 is 11.7 Å². The Kier molecular flexibility index (Phi) is 3.82. The molecule has 0 aliphatic heterocycles. The van der Waals surface area contributed by atoms with Crippen molar-refractivity contribution in [1.82, 2.24) is 9.88 Å². The molecular weight excluding hydrogens is 265 g/mol. The normalized spacial score (nSPS) is 14.2. The van der Waals surface area contributed by atoms with Crippen LogP contribution in [0.5, 0.6) is 0 Å². The third-order valence-electron chi connectivity index (χ3n) is 3.59. The molecule has 0 fully saturated rings. The molecule has 1 heterocycles. The van der Waals surface area contributed by atoms with Crippen LogP contribution in [0, 0.1) is 0 Å². The van der Waals surface area contributed by atoms with Crippen LogP contribution in [0.15, 0.2) is 24.3 Å². The molecule has 2 nitrogen and oxygen atoms in total. The molecule has 0 saturated heterocycles. The maximum absolute atomic E-state index is 12.9. The molecule has 20 heavy (non-hydrogen) atoms. The van der Waals surface area contributed by atoms with Crippen LogP contribution in [0.3, 0.4) is 0 Å². The molecule has 2 rings (SSSR count). The first kappa shape index (κ1) is 14.9. The fourth-order valence-electron chi connectivity index (χ4n) is 2.48. The van der Waals surface area contributed by atoms with E-state index in [0.29, 0.717) is 5.52 Å². The smallest absolute Gasteiger partial charge is 0.341 e. The van der Waals surface area contributed by atoms with Gasteiger partial charge in [-0.2, -0.15) is 13.2 Å². The topological polar surface area (TPSA) is 17.0 Å². The van der Waals surface area contributed by atoms with E-state index in [4.69, 9.17) is 0 Å². The van der Waals surface area contributed by atoms with Crippen molar-refractivity contribution >= 4 is 10.9 Å². The van der Waals surface area contributed by atoms with Gasteiger partial charge in [0.05, 0.1) is 5.56 Å². The highest BCUT2D eigenvalue weighted by Gasteiger charge is 2.31. The predicted octanol–water partition coefficient (Wildman–Crippen LogP) is 4.52. The molecule has 0 amide bonds. The first-order chi connectivity index (χ1) is 9.25. The van der Waals surface area contributed by atoms with Gasteiger partial charge in [-0.15, -0.1) is 0 Å². The lowest BCUT2D eigenvalue weighted by Gasteiger charge is -2.19. The van der Waals surface area contributed by atoms with Gasteiger partial charge in [0, 0.05) is 23.3 Å². The van der Waals surface area contributed by atoms with Crippen LogP contribution in [0.1, 0.15) is 44.1 Å². The van der Waals surface area contributed by atoms with Crippen LogP contribution in [0.4, 0.5) is 13.2 Å². The van der Waals surface area contributed by atoms with E-state index >= 15 is 0 Å². The number of benzene rings is 1. The second kappa shape index (κ2) is 5.13. The quantitative estimate of drug-likeness (QED) is 0.876. The number of nitrogens with one attached hydrogen (secondary N) is 1. The largest absolute Gasteiger partial charge is 0.416 e. The number of rotatable bonds is 3. The number of hydrogen-bond donors (Lipinski definition) is 1. The summed E-state index contributed by atoms with van der Waals surface area (Å²) in [5.74, 6) is 0. The van der Waals surface area contributed by atoms with Crippen LogP contribution in [-0.2, 0) is 6.18 Å². The minimum absolute atomic E-state index is 0.0825. The minimum atomic E-state index is -4.31. The molecule has 0 spiro atoms. The van der Waals surface area contributed by atoms with Gasteiger partial charge in [-0.25, -0.2) is 0 Å². The van der Waals surface area contributed by atoms with Gasteiger partial charge in [0.25, 0.3) is 0 Å². The second-order valence-corrected chi connectivity index (χ2v) is 5.31. The van der Waals surface area contributed by atoms with Crippen LogP contribution in [-0.4, -0.2) is 11.6 Å². The molecule has 0 radical (unpaired) electrons. The number of nitrogens with zero attached hydrogens (tertiary/aromatic N) is 1. The summed E-state index contributed by atoms with van der Waals surface area (Å²) in [5, 5.41) is 3.98. The van der Waals surface area contributed by atoms with Gasteiger partial charge < -0.3 is 9.88 Å². The summed E-state index contributed by atoms with van der Waals surface area (Å²) in [6.45, 7) is 5.95. The van der Waals surface area contributed by atoms with Gasteiger partial charge in [0.1, 0.15) is 0 Å². The summed E-state index contributed by atoms with van der Waals surface area (Å²) >= 11 is 0. The highest BCUT2D eigenvalue weighted by molar-refractivity contribution is 5.82. The van der Waals surface area contributed by atoms with Gasteiger partial charge in [0.15, 0.2) is 0 Å². The third-order valence-corrected chi connectivity index (χ3v) is 3.59. The van der Waals surface area contributed by atoms with Crippen molar-refractivity contribution in [2.24, 2.45) is 0 Å². The molecule has 0 aliphatic carbocycles. The van der Waals surface area contributed by atoms with Crippen molar-refractivity contribution in [2.45, 2.75) is 39.0 Å². The van der Waals surface area contributed by atoms with Crippen LogP contribution in [0.2, 0.25) is 0 Å².